The maximum atomic E-state index is 12.9. The van der Waals surface area contributed by atoms with Gasteiger partial charge in [-0.25, -0.2) is 0 Å². The number of benzene rings is 2. The number of hydrogen-bond acceptors (Lipinski definition) is 3. The van der Waals surface area contributed by atoms with Crippen LogP contribution in [0.25, 0.3) is 0 Å². The summed E-state index contributed by atoms with van der Waals surface area (Å²) in [5, 5.41) is 2.90. The molecule has 5 nitrogen and oxygen atoms in total. The first kappa shape index (κ1) is 16.6. The van der Waals surface area contributed by atoms with Gasteiger partial charge in [0.1, 0.15) is 5.75 Å². The van der Waals surface area contributed by atoms with E-state index in [2.05, 4.69) is 11.4 Å². The van der Waals surface area contributed by atoms with Crippen LogP contribution in [-0.4, -0.2) is 25.5 Å². The third-order valence-corrected chi connectivity index (χ3v) is 5.18. The normalized spacial score (nSPS) is 20.9. The second-order valence-electron chi connectivity index (χ2n) is 6.89. The van der Waals surface area contributed by atoms with E-state index in [-0.39, 0.29) is 23.7 Å². The largest absolute Gasteiger partial charge is 0.497 e. The number of nitrogens with zero attached hydrogens (tertiary/aromatic N) is 1. The first-order valence-corrected chi connectivity index (χ1v) is 9.01. The van der Waals surface area contributed by atoms with Crippen molar-refractivity contribution in [3.8, 4) is 5.75 Å². The van der Waals surface area contributed by atoms with Crippen molar-refractivity contribution in [2.75, 3.05) is 23.9 Å². The van der Waals surface area contributed by atoms with Gasteiger partial charge in [-0.3, -0.25) is 9.59 Å². The zero-order valence-corrected chi connectivity index (χ0v) is 14.8. The van der Waals surface area contributed by atoms with Gasteiger partial charge >= 0.3 is 0 Å². The van der Waals surface area contributed by atoms with E-state index < -0.39 is 0 Å². The molecule has 0 bridgehead atoms. The molecule has 1 fully saturated rings. The standard InChI is InChI=1S/C21H22N2O3/c1-26-16-10-8-15(9-11-16)22-20(24)17-13-18(17)21(25)23-12-4-6-14-5-2-3-7-19(14)23/h2-3,5,7-11,17-18H,4,6,12-13H2,1H3,(H,22,24). The van der Waals surface area contributed by atoms with Gasteiger partial charge in [0.05, 0.1) is 18.9 Å². The molecule has 2 atom stereocenters. The number of anilines is 2. The summed E-state index contributed by atoms with van der Waals surface area (Å²) in [5.74, 6) is 0.287. The van der Waals surface area contributed by atoms with Crippen LogP contribution < -0.4 is 15.0 Å². The third kappa shape index (κ3) is 3.17. The number of methoxy groups -OCH3 is 1. The minimum atomic E-state index is -0.237. The van der Waals surface area contributed by atoms with E-state index in [9.17, 15) is 9.59 Å². The van der Waals surface area contributed by atoms with Gasteiger partial charge in [-0.2, -0.15) is 0 Å². The summed E-state index contributed by atoms with van der Waals surface area (Å²) in [6, 6.07) is 15.3. The van der Waals surface area contributed by atoms with Gasteiger partial charge in [-0.15, -0.1) is 0 Å². The number of hydrogen-bond donors (Lipinski definition) is 1. The molecule has 5 heteroatoms. The number of ether oxygens (including phenoxy) is 1. The first-order valence-electron chi connectivity index (χ1n) is 9.01. The van der Waals surface area contributed by atoms with Crippen molar-refractivity contribution < 1.29 is 14.3 Å². The Balaban J connectivity index is 1.40. The summed E-state index contributed by atoms with van der Waals surface area (Å²) in [6.45, 7) is 0.735. The number of nitrogens with one attached hydrogen (secondary N) is 1. The lowest BCUT2D eigenvalue weighted by molar-refractivity contribution is -0.123. The lowest BCUT2D eigenvalue weighted by Crippen LogP contribution is -2.37. The summed E-state index contributed by atoms with van der Waals surface area (Å²) in [4.78, 5) is 27.2. The van der Waals surface area contributed by atoms with Gasteiger partial charge in [-0.1, -0.05) is 18.2 Å². The molecule has 1 aliphatic carbocycles. The number of rotatable bonds is 4. The summed E-state index contributed by atoms with van der Waals surface area (Å²) in [6.07, 6.45) is 2.60. The van der Waals surface area contributed by atoms with Crippen LogP contribution in [0.1, 0.15) is 18.4 Å². The molecule has 26 heavy (non-hydrogen) atoms. The van der Waals surface area contributed by atoms with E-state index in [0.29, 0.717) is 6.42 Å². The van der Waals surface area contributed by atoms with Crippen molar-refractivity contribution in [2.24, 2.45) is 11.8 Å². The predicted octanol–water partition coefficient (Wildman–Crippen LogP) is 3.25. The van der Waals surface area contributed by atoms with Gasteiger partial charge in [0, 0.05) is 17.9 Å². The zero-order chi connectivity index (χ0) is 18.1. The van der Waals surface area contributed by atoms with Crippen molar-refractivity contribution in [2.45, 2.75) is 19.3 Å². The molecule has 1 aliphatic heterocycles. The fourth-order valence-electron chi connectivity index (χ4n) is 3.63. The van der Waals surface area contributed by atoms with E-state index in [1.54, 1.807) is 31.4 Å². The highest BCUT2D eigenvalue weighted by atomic mass is 16.5. The number of carbonyl (C=O) groups excluding carboxylic acids is 2. The third-order valence-electron chi connectivity index (χ3n) is 5.18. The van der Waals surface area contributed by atoms with Gasteiger partial charge < -0.3 is 15.0 Å². The Morgan fingerprint density at radius 1 is 1.08 bits per heavy atom. The summed E-state index contributed by atoms with van der Waals surface area (Å²) < 4.78 is 5.12. The molecule has 1 N–H and O–H groups in total. The molecule has 4 rings (SSSR count). The number of carbonyl (C=O) groups is 2. The van der Waals surface area contributed by atoms with Crippen molar-refractivity contribution in [1.29, 1.82) is 0 Å². The molecule has 2 aromatic carbocycles. The molecule has 2 unspecified atom stereocenters. The van der Waals surface area contributed by atoms with Crippen molar-refractivity contribution in [3.05, 3.63) is 54.1 Å². The predicted molar refractivity (Wildman–Crippen MR) is 100 cm³/mol. The fraction of sp³-hybridized carbons (Fsp3) is 0.333. The molecule has 134 valence electrons. The van der Waals surface area contributed by atoms with E-state index in [0.717, 1.165) is 36.5 Å². The molecule has 0 aromatic heterocycles. The lowest BCUT2D eigenvalue weighted by atomic mass is 10.0. The fourth-order valence-corrected chi connectivity index (χ4v) is 3.63. The highest BCUT2D eigenvalue weighted by Gasteiger charge is 2.50. The quantitative estimate of drug-likeness (QED) is 0.921. The van der Waals surface area contributed by atoms with Crippen molar-refractivity contribution >= 4 is 23.2 Å². The smallest absolute Gasteiger partial charge is 0.230 e. The molecule has 2 aliphatic rings. The second-order valence-corrected chi connectivity index (χ2v) is 6.89. The highest BCUT2D eigenvalue weighted by Crippen LogP contribution is 2.42. The van der Waals surface area contributed by atoms with Gasteiger partial charge in [0.15, 0.2) is 0 Å². The van der Waals surface area contributed by atoms with Crippen molar-refractivity contribution in [1.82, 2.24) is 0 Å². The van der Waals surface area contributed by atoms with Crippen LogP contribution in [0.3, 0.4) is 0 Å². The SMILES string of the molecule is COc1ccc(NC(=O)C2CC2C(=O)N2CCCc3ccccc32)cc1. The van der Waals surface area contributed by atoms with Crippen LogP contribution >= 0.6 is 0 Å². The summed E-state index contributed by atoms with van der Waals surface area (Å²) in [7, 11) is 1.60. The van der Waals surface area contributed by atoms with Crippen LogP contribution in [0, 0.1) is 11.8 Å². The molecule has 1 saturated carbocycles. The van der Waals surface area contributed by atoms with Crippen LogP contribution in [0.4, 0.5) is 11.4 Å². The second kappa shape index (κ2) is 6.83. The van der Waals surface area contributed by atoms with Crippen LogP contribution in [-0.2, 0) is 16.0 Å². The Labute approximate surface area is 153 Å². The molecule has 2 aromatic rings. The van der Waals surface area contributed by atoms with E-state index >= 15 is 0 Å². The van der Waals surface area contributed by atoms with Crippen LogP contribution in [0.15, 0.2) is 48.5 Å². The Morgan fingerprint density at radius 2 is 1.85 bits per heavy atom. The minimum absolute atomic E-state index is 0.0760. The maximum Gasteiger partial charge on any atom is 0.230 e. The highest BCUT2D eigenvalue weighted by molar-refractivity contribution is 6.04. The Bertz CT molecular complexity index is 831. The van der Waals surface area contributed by atoms with Gasteiger partial charge in [0.2, 0.25) is 11.8 Å². The molecule has 0 saturated heterocycles. The first-order chi connectivity index (χ1) is 12.7. The van der Waals surface area contributed by atoms with Crippen LogP contribution in [0.5, 0.6) is 5.75 Å². The van der Waals surface area contributed by atoms with Crippen molar-refractivity contribution in [3.63, 3.8) is 0 Å². The Kier molecular flexibility index (Phi) is 4.37. The molecule has 0 radical (unpaired) electrons. The average molecular weight is 350 g/mol. The Hall–Kier alpha value is -2.82. The van der Waals surface area contributed by atoms with Gasteiger partial charge in [0.25, 0.3) is 0 Å². The lowest BCUT2D eigenvalue weighted by Gasteiger charge is -2.29. The molecular formula is C21H22N2O3. The summed E-state index contributed by atoms with van der Waals surface area (Å²) in [5.41, 5.74) is 2.94. The maximum absolute atomic E-state index is 12.9. The molecule has 2 amide bonds. The number of aryl methyl sites for hydroxylation is 1. The minimum Gasteiger partial charge on any atom is -0.497 e. The number of amides is 2. The van der Waals surface area contributed by atoms with Gasteiger partial charge in [-0.05, 0) is 55.2 Å². The van der Waals surface area contributed by atoms with E-state index in [4.69, 9.17) is 4.74 Å². The topological polar surface area (TPSA) is 58.6 Å². The number of fused-ring (bicyclic) bond motifs is 1. The molecular weight excluding hydrogens is 328 g/mol. The van der Waals surface area contributed by atoms with E-state index in [1.807, 2.05) is 23.1 Å². The molecule has 1 heterocycles. The molecule has 0 spiro atoms. The monoisotopic (exact) mass is 350 g/mol. The van der Waals surface area contributed by atoms with Crippen LogP contribution in [0.2, 0.25) is 0 Å². The number of para-hydroxylation sites is 1. The zero-order valence-electron chi connectivity index (χ0n) is 14.8. The van der Waals surface area contributed by atoms with E-state index in [1.165, 1.54) is 5.56 Å². The Morgan fingerprint density at radius 3 is 2.62 bits per heavy atom. The average Bonchev–Trinajstić information content (AvgIpc) is 3.48. The summed E-state index contributed by atoms with van der Waals surface area (Å²) >= 11 is 0.